The van der Waals surface area contributed by atoms with Gasteiger partial charge in [-0.15, -0.1) is 0 Å². The first-order valence-electron chi connectivity index (χ1n) is 11.0. The van der Waals surface area contributed by atoms with Gasteiger partial charge in [0, 0.05) is 5.41 Å². The van der Waals surface area contributed by atoms with Crippen LogP contribution in [0.5, 0.6) is 5.75 Å². The lowest BCUT2D eigenvalue weighted by Gasteiger charge is -2.41. The molecule has 2 aromatic rings. The second kappa shape index (κ2) is 8.74. The first-order chi connectivity index (χ1) is 14.9. The smallest absolute Gasteiger partial charge is 0.338 e. The summed E-state index contributed by atoms with van der Waals surface area (Å²) in [7, 11) is 1.68. The Morgan fingerprint density at radius 1 is 1.06 bits per heavy atom. The van der Waals surface area contributed by atoms with E-state index in [0.717, 1.165) is 31.4 Å². The molecule has 164 valence electrons. The number of hydrogen-bond acceptors (Lipinski definition) is 4. The molecule has 0 saturated heterocycles. The number of fused-ring (bicyclic) bond motifs is 1. The minimum Gasteiger partial charge on any atom is -0.497 e. The molecule has 0 spiro atoms. The topological polar surface area (TPSA) is 72.8 Å². The molecule has 31 heavy (non-hydrogen) atoms. The zero-order valence-electron chi connectivity index (χ0n) is 18.2. The van der Waals surface area contributed by atoms with Crippen LogP contribution >= 0.6 is 0 Å². The van der Waals surface area contributed by atoms with Crippen LogP contribution < -0.4 is 4.74 Å². The van der Waals surface area contributed by atoms with Crippen molar-refractivity contribution in [3.63, 3.8) is 0 Å². The van der Waals surface area contributed by atoms with Crippen LogP contribution in [-0.2, 0) is 22.4 Å². The molecule has 2 aliphatic rings. The van der Waals surface area contributed by atoms with Gasteiger partial charge in [-0.1, -0.05) is 31.2 Å². The molecule has 5 heteroatoms. The molecule has 4 atom stereocenters. The lowest BCUT2D eigenvalue weighted by Crippen LogP contribution is -2.41. The number of methoxy groups -OCH3 is 1. The normalized spacial score (nSPS) is 27.4. The number of carbonyl (C=O) groups excluding carboxylic acids is 1. The molecule has 1 unspecified atom stereocenters. The van der Waals surface area contributed by atoms with E-state index in [1.807, 2.05) is 19.1 Å². The highest BCUT2D eigenvalue weighted by Crippen LogP contribution is 2.53. The molecule has 1 saturated carbocycles. The molecule has 1 fully saturated rings. The molecule has 2 aliphatic carbocycles. The monoisotopic (exact) mass is 422 g/mol. The molecule has 0 radical (unpaired) electrons. The standard InChI is InChI=1S/C26H30O5/c1-26(16-24(27)28)22(12-13-23(26)31-25(29)17-6-4-3-5-7-17)20-9-8-19-15-21(30-2)11-10-18(19)14-20/h3-7,10-11,15,20,22-23H,8-9,12-14,16H2,1-2H3,(H,27,28)/t20?,22-,23-,26-/m0/s1. The Bertz CT molecular complexity index is 954. The summed E-state index contributed by atoms with van der Waals surface area (Å²) in [6.07, 6.45) is 4.12. The van der Waals surface area contributed by atoms with E-state index in [1.54, 1.807) is 31.4 Å². The summed E-state index contributed by atoms with van der Waals surface area (Å²) in [6, 6.07) is 15.2. The maximum Gasteiger partial charge on any atom is 0.338 e. The maximum absolute atomic E-state index is 12.7. The molecular weight excluding hydrogens is 392 g/mol. The van der Waals surface area contributed by atoms with Crippen molar-refractivity contribution in [1.82, 2.24) is 0 Å². The molecule has 5 nitrogen and oxygen atoms in total. The predicted octanol–water partition coefficient (Wildman–Crippen LogP) is 4.92. The summed E-state index contributed by atoms with van der Waals surface area (Å²) in [5.74, 6) is 0.250. The quantitative estimate of drug-likeness (QED) is 0.669. The lowest BCUT2D eigenvalue weighted by atomic mass is 9.65. The number of carbonyl (C=O) groups is 2. The molecule has 0 bridgehead atoms. The van der Waals surface area contributed by atoms with Crippen molar-refractivity contribution in [2.24, 2.45) is 17.3 Å². The van der Waals surface area contributed by atoms with Crippen LogP contribution in [0, 0.1) is 17.3 Å². The molecule has 4 rings (SSSR count). The van der Waals surface area contributed by atoms with Crippen LogP contribution in [0.25, 0.3) is 0 Å². The van der Waals surface area contributed by atoms with Gasteiger partial charge in [-0.2, -0.15) is 0 Å². The van der Waals surface area contributed by atoms with Gasteiger partial charge >= 0.3 is 11.9 Å². The van der Waals surface area contributed by atoms with E-state index in [0.29, 0.717) is 17.9 Å². The van der Waals surface area contributed by atoms with Crippen molar-refractivity contribution in [2.45, 2.75) is 51.6 Å². The van der Waals surface area contributed by atoms with Gasteiger partial charge in [0.25, 0.3) is 0 Å². The largest absolute Gasteiger partial charge is 0.497 e. The Labute approximate surface area is 183 Å². The Morgan fingerprint density at radius 3 is 2.55 bits per heavy atom. The SMILES string of the molecule is COc1ccc2c(c1)CCC([C@@H]1CC[C@H](OC(=O)c3ccccc3)[C@@]1(C)CC(=O)O)C2. The summed E-state index contributed by atoms with van der Waals surface area (Å²) in [5, 5.41) is 9.69. The van der Waals surface area contributed by atoms with E-state index >= 15 is 0 Å². The van der Waals surface area contributed by atoms with Gasteiger partial charge in [0.1, 0.15) is 11.9 Å². The zero-order chi connectivity index (χ0) is 22.0. The highest BCUT2D eigenvalue weighted by atomic mass is 16.5. The van der Waals surface area contributed by atoms with Gasteiger partial charge in [0.15, 0.2) is 0 Å². The maximum atomic E-state index is 12.7. The van der Waals surface area contributed by atoms with Gasteiger partial charge in [-0.25, -0.2) is 4.79 Å². The van der Waals surface area contributed by atoms with Crippen LogP contribution in [-0.4, -0.2) is 30.3 Å². The Morgan fingerprint density at radius 2 is 1.84 bits per heavy atom. The second-order valence-electron chi connectivity index (χ2n) is 9.16. The number of aliphatic carboxylic acids is 1. The average Bonchev–Trinajstić information content (AvgIpc) is 3.08. The van der Waals surface area contributed by atoms with Gasteiger partial charge in [-0.05, 0) is 79.3 Å². The third kappa shape index (κ3) is 4.32. The number of carboxylic acids is 1. The van der Waals surface area contributed by atoms with Gasteiger partial charge in [-0.3, -0.25) is 4.79 Å². The fourth-order valence-corrected chi connectivity index (χ4v) is 5.77. The number of benzene rings is 2. The summed E-state index contributed by atoms with van der Waals surface area (Å²) in [6.45, 7) is 2.01. The van der Waals surface area contributed by atoms with E-state index in [1.165, 1.54) is 11.1 Å². The third-order valence-electron chi connectivity index (χ3n) is 7.36. The molecule has 1 N–H and O–H groups in total. The fraction of sp³-hybridized carbons (Fsp3) is 0.462. The third-order valence-corrected chi connectivity index (χ3v) is 7.36. The number of aryl methyl sites for hydroxylation is 1. The average molecular weight is 423 g/mol. The van der Waals surface area contributed by atoms with E-state index in [9.17, 15) is 14.7 Å². The van der Waals surface area contributed by atoms with Crippen molar-refractivity contribution < 1.29 is 24.2 Å². The molecule has 0 heterocycles. The second-order valence-corrected chi connectivity index (χ2v) is 9.16. The number of esters is 1. The van der Waals surface area contributed by atoms with Crippen LogP contribution in [0.1, 0.15) is 54.1 Å². The Hall–Kier alpha value is -2.82. The molecule has 0 aromatic heterocycles. The molecule has 0 amide bonds. The van der Waals surface area contributed by atoms with E-state index < -0.39 is 17.5 Å². The van der Waals surface area contributed by atoms with E-state index in [-0.39, 0.29) is 18.3 Å². The Balaban J connectivity index is 1.54. The first kappa shape index (κ1) is 21.4. The fourth-order valence-electron chi connectivity index (χ4n) is 5.77. The first-order valence-corrected chi connectivity index (χ1v) is 11.0. The van der Waals surface area contributed by atoms with Gasteiger partial charge in [0.2, 0.25) is 0 Å². The number of carboxylic acid groups (broad SMARTS) is 1. The van der Waals surface area contributed by atoms with E-state index in [4.69, 9.17) is 9.47 Å². The number of ether oxygens (including phenoxy) is 2. The van der Waals surface area contributed by atoms with Crippen LogP contribution in [0.15, 0.2) is 48.5 Å². The summed E-state index contributed by atoms with van der Waals surface area (Å²) in [4.78, 5) is 24.5. The van der Waals surface area contributed by atoms with Crippen molar-refractivity contribution in [3.05, 3.63) is 65.2 Å². The van der Waals surface area contributed by atoms with Crippen molar-refractivity contribution in [2.75, 3.05) is 7.11 Å². The van der Waals surface area contributed by atoms with Crippen molar-refractivity contribution >= 4 is 11.9 Å². The van der Waals surface area contributed by atoms with Crippen LogP contribution in [0.4, 0.5) is 0 Å². The number of rotatable bonds is 6. The summed E-state index contributed by atoms with van der Waals surface area (Å²) >= 11 is 0. The molecule has 2 aromatic carbocycles. The van der Waals surface area contributed by atoms with Crippen molar-refractivity contribution in [1.29, 1.82) is 0 Å². The minimum absolute atomic E-state index is 0.0103. The van der Waals surface area contributed by atoms with Crippen LogP contribution in [0.2, 0.25) is 0 Å². The van der Waals surface area contributed by atoms with Gasteiger partial charge < -0.3 is 14.6 Å². The van der Waals surface area contributed by atoms with Crippen LogP contribution in [0.3, 0.4) is 0 Å². The Kier molecular flexibility index (Phi) is 6.03. The van der Waals surface area contributed by atoms with Crippen molar-refractivity contribution in [3.8, 4) is 5.75 Å². The highest BCUT2D eigenvalue weighted by molar-refractivity contribution is 5.89. The highest BCUT2D eigenvalue weighted by Gasteiger charge is 2.52. The summed E-state index contributed by atoms with van der Waals surface area (Å²) < 4.78 is 11.3. The number of hydrogen-bond donors (Lipinski definition) is 1. The lowest BCUT2D eigenvalue weighted by molar-refractivity contribution is -0.143. The predicted molar refractivity (Wildman–Crippen MR) is 117 cm³/mol. The van der Waals surface area contributed by atoms with E-state index in [2.05, 4.69) is 12.1 Å². The molecule has 0 aliphatic heterocycles. The zero-order valence-corrected chi connectivity index (χ0v) is 18.2. The molecular formula is C26H30O5. The summed E-state index contributed by atoms with van der Waals surface area (Å²) in [5.41, 5.74) is 2.56. The van der Waals surface area contributed by atoms with Gasteiger partial charge in [0.05, 0.1) is 19.1 Å². The minimum atomic E-state index is -0.837.